The van der Waals surface area contributed by atoms with Gasteiger partial charge in [-0.25, -0.2) is 0 Å². The van der Waals surface area contributed by atoms with Crippen LogP contribution < -0.4 is 5.73 Å². The van der Waals surface area contributed by atoms with Gasteiger partial charge in [-0.3, -0.25) is 0 Å². The van der Waals surface area contributed by atoms with Gasteiger partial charge in [0.2, 0.25) is 0 Å². The standard InChI is InChI=1S/C16H17BrN2S/c17-13-8-14(20-11-13)10-19-9-12(4-3-7-18)15-5-1-2-6-16(15)19/h1-2,5-6,8-9,11H,3-4,7,10,18H2. The van der Waals surface area contributed by atoms with Crippen molar-refractivity contribution in [1.29, 1.82) is 0 Å². The lowest BCUT2D eigenvalue weighted by Gasteiger charge is -2.02. The van der Waals surface area contributed by atoms with E-state index in [1.54, 1.807) is 11.3 Å². The first-order valence-corrected chi connectivity index (χ1v) is 8.45. The quantitative estimate of drug-likeness (QED) is 0.727. The van der Waals surface area contributed by atoms with Crippen molar-refractivity contribution >= 4 is 38.2 Å². The number of aryl methyl sites for hydroxylation is 1. The van der Waals surface area contributed by atoms with Crippen molar-refractivity contribution in [1.82, 2.24) is 4.57 Å². The Kier molecular flexibility index (Phi) is 4.24. The van der Waals surface area contributed by atoms with Crippen LogP contribution in [0.15, 0.2) is 46.4 Å². The summed E-state index contributed by atoms with van der Waals surface area (Å²) in [7, 11) is 0. The van der Waals surface area contributed by atoms with Crippen LogP contribution in [0.3, 0.4) is 0 Å². The number of rotatable bonds is 5. The Morgan fingerprint density at radius 2 is 2.10 bits per heavy atom. The highest BCUT2D eigenvalue weighted by molar-refractivity contribution is 9.10. The molecule has 2 heterocycles. The maximum atomic E-state index is 5.64. The predicted molar refractivity (Wildman–Crippen MR) is 90.4 cm³/mol. The van der Waals surface area contributed by atoms with Gasteiger partial charge in [0.25, 0.3) is 0 Å². The summed E-state index contributed by atoms with van der Waals surface area (Å²) in [5.41, 5.74) is 8.36. The molecule has 0 spiro atoms. The van der Waals surface area contributed by atoms with Gasteiger partial charge in [-0.1, -0.05) is 18.2 Å². The number of hydrogen-bond donors (Lipinski definition) is 1. The van der Waals surface area contributed by atoms with E-state index in [1.807, 2.05) is 0 Å². The average molecular weight is 349 g/mol. The highest BCUT2D eigenvalue weighted by Crippen LogP contribution is 2.26. The lowest BCUT2D eigenvalue weighted by Crippen LogP contribution is -2.00. The van der Waals surface area contributed by atoms with Crippen LogP contribution in [0.4, 0.5) is 0 Å². The fourth-order valence-electron chi connectivity index (χ4n) is 2.55. The zero-order valence-electron chi connectivity index (χ0n) is 11.2. The van der Waals surface area contributed by atoms with Crippen molar-refractivity contribution in [2.45, 2.75) is 19.4 Å². The molecule has 1 aromatic carbocycles. The van der Waals surface area contributed by atoms with Crippen LogP contribution >= 0.6 is 27.3 Å². The van der Waals surface area contributed by atoms with E-state index >= 15 is 0 Å². The number of halogens is 1. The molecule has 2 N–H and O–H groups in total. The first-order chi connectivity index (χ1) is 9.78. The Bertz CT molecular complexity index is 714. The van der Waals surface area contributed by atoms with Gasteiger partial charge in [0.1, 0.15) is 0 Å². The Morgan fingerprint density at radius 3 is 2.85 bits per heavy atom. The third-order valence-corrected chi connectivity index (χ3v) is 5.15. The molecule has 0 amide bonds. The van der Waals surface area contributed by atoms with E-state index in [4.69, 9.17) is 5.73 Å². The number of hydrogen-bond acceptors (Lipinski definition) is 2. The number of aromatic nitrogens is 1. The smallest absolute Gasteiger partial charge is 0.0569 e. The molecule has 20 heavy (non-hydrogen) atoms. The molecule has 0 fully saturated rings. The first kappa shape index (κ1) is 13.9. The second-order valence-corrected chi connectivity index (χ2v) is 6.83. The van der Waals surface area contributed by atoms with E-state index in [-0.39, 0.29) is 0 Å². The molecule has 104 valence electrons. The van der Waals surface area contributed by atoms with Crippen LogP contribution in [0, 0.1) is 0 Å². The number of para-hydroxylation sites is 1. The van der Waals surface area contributed by atoms with Crippen molar-refractivity contribution in [2.24, 2.45) is 5.73 Å². The summed E-state index contributed by atoms with van der Waals surface area (Å²) < 4.78 is 3.51. The van der Waals surface area contributed by atoms with Gasteiger partial charge < -0.3 is 10.3 Å². The fourth-order valence-corrected chi connectivity index (χ4v) is 4.00. The molecule has 4 heteroatoms. The summed E-state index contributed by atoms with van der Waals surface area (Å²) in [6.45, 7) is 1.68. The molecule has 0 aliphatic heterocycles. The highest BCUT2D eigenvalue weighted by Gasteiger charge is 2.08. The van der Waals surface area contributed by atoms with E-state index in [0.717, 1.165) is 30.4 Å². The monoisotopic (exact) mass is 348 g/mol. The van der Waals surface area contributed by atoms with E-state index in [0.29, 0.717) is 0 Å². The van der Waals surface area contributed by atoms with Gasteiger partial charge >= 0.3 is 0 Å². The molecule has 3 rings (SSSR count). The third kappa shape index (κ3) is 2.82. The second-order valence-electron chi connectivity index (χ2n) is 4.92. The van der Waals surface area contributed by atoms with Gasteiger partial charge in [0.05, 0.1) is 6.54 Å². The Labute approximate surface area is 131 Å². The van der Waals surface area contributed by atoms with Crippen LogP contribution in [0.25, 0.3) is 10.9 Å². The van der Waals surface area contributed by atoms with E-state index < -0.39 is 0 Å². The molecule has 0 atom stereocenters. The minimum atomic E-state index is 0.747. The predicted octanol–water partition coefficient (Wildman–Crippen LogP) is 4.40. The maximum absolute atomic E-state index is 5.64. The van der Waals surface area contributed by atoms with Gasteiger partial charge in [-0.15, -0.1) is 11.3 Å². The van der Waals surface area contributed by atoms with E-state index in [1.165, 1.54) is 21.3 Å². The minimum absolute atomic E-state index is 0.747. The zero-order chi connectivity index (χ0) is 13.9. The Balaban J connectivity index is 1.97. The number of thiophene rings is 1. The van der Waals surface area contributed by atoms with Crippen LogP contribution in [0.1, 0.15) is 16.9 Å². The van der Waals surface area contributed by atoms with Gasteiger partial charge in [0.15, 0.2) is 0 Å². The summed E-state index contributed by atoms with van der Waals surface area (Å²) in [6.07, 6.45) is 4.38. The van der Waals surface area contributed by atoms with Crippen molar-refractivity contribution in [2.75, 3.05) is 6.54 Å². The number of nitrogens with two attached hydrogens (primary N) is 1. The molecule has 3 aromatic rings. The topological polar surface area (TPSA) is 30.9 Å². The van der Waals surface area contributed by atoms with Gasteiger partial charge in [-0.2, -0.15) is 0 Å². The lowest BCUT2D eigenvalue weighted by molar-refractivity contribution is 0.812. The molecule has 0 aliphatic rings. The zero-order valence-corrected chi connectivity index (χ0v) is 13.6. The van der Waals surface area contributed by atoms with Crippen LogP contribution in [-0.4, -0.2) is 11.1 Å². The Morgan fingerprint density at radius 1 is 1.25 bits per heavy atom. The van der Waals surface area contributed by atoms with Gasteiger partial charge in [-0.05, 0) is 53.0 Å². The maximum Gasteiger partial charge on any atom is 0.0569 e. The normalized spacial score (nSPS) is 11.3. The van der Waals surface area contributed by atoms with Crippen molar-refractivity contribution in [3.8, 4) is 0 Å². The van der Waals surface area contributed by atoms with Crippen molar-refractivity contribution in [3.05, 3.63) is 56.8 Å². The summed E-state index contributed by atoms with van der Waals surface area (Å²) in [4.78, 5) is 1.36. The van der Waals surface area contributed by atoms with Crippen LogP contribution in [0.5, 0.6) is 0 Å². The molecule has 2 nitrogen and oxygen atoms in total. The molecule has 0 bridgehead atoms. The Hall–Kier alpha value is -1.10. The number of fused-ring (bicyclic) bond motifs is 1. The summed E-state index contributed by atoms with van der Waals surface area (Å²) in [5, 5.41) is 3.49. The van der Waals surface area contributed by atoms with E-state index in [9.17, 15) is 0 Å². The molecule has 0 radical (unpaired) electrons. The molecule has 0 unspecified atom stereocenters. The second kappa shape index (κ2) is 6.12. The van der Waals surface area contributed by atoms with Crippen LogP contribution in [0.2, 0.25) is 0 Å². The highest BCUT2D eigenvalue weighted by atomic mass is 79.9. The molecule has 2 aromatic heterocycles. The van der Waals surface area contributed by atoms with E-state index in [2.05, 4.69) is 62.4 Å². The van der Waals surface area contributed by atoms with Crippen LogP contribution in [-0.2, 0) is 13.0 Å². The molecular weight excluding hydrogens is 332 g/mol. The lowest BCUT2D eigenvalue weighted by atomic mass is 10.1. The number of nitrogens with zero attached hydrogens (tertiary/aromatic N) is 1. The average Bonchev–Trinajstić information content (AvgIpc) is 3.02. The SMILES string of the molecule is NCCCc1cn(Cc2cc(Br)cs2)c2ccccc12. The molecular formula is C16H17BrN2S. The molecule has 0 aliphatic carbocycles. The first-order valence-electron chi connectivity index (χ1n) is 6.77. The summed E-state index contributed by atoms with van der Waals surface area (Å²) in [5.74, 6) is 0. The summed E-state index contributed by atoms with van der Waals surface area (Å²) >= 11 is 5.31. The minimum Gasteiger partial charge on any atom is -0.342 e. The fraction of sp³-hybridized carbons (Fsp3) is 0.250. The summed E-state index contributed by atoms with van der Waals surface area (Å²) in [6, 6.07) is 10.8. The molecule has 0 saturated heterocycles. The van der Waals surface area contributed by atoms with Crippen molar-refractivity contribution in [3.63, 3.8) is 0 Å². The number of benzene rings is 1. The van der Waals surface area contributed by atoms with Gasteiger partial charge in [0, 0.05) is 31.8 Å². The molecule has 0 saturated carbocycles. The largest absolute Gasteiger partial charge is 0.342 e. The van der Waals surface area contributed by atoms with Crippen molar-refractivity contribution < 1.29 is 0 Å². The third-order valence-electron chi connectivity index (χ3n) is 3.47.